The maximum Gasteiger partial charge on any atom is 0.223 e. The Morgan fingerprint density at radius 2 is 2.12 bits per heavy atom. The lowest BCUT2D eigenvalue weighted by Gasteiger charge is -2.31. The van der Waals surface area contributed by atoms with Gasteiger partial charge in [-0.1, -0.05) is 26.7 Å². The summed E-state index contributed by atoms with van der Waals surface area (Å²) in [6.45, 7) is 6.28. The molecule has 3 N–H and O–H groups in total. The number of nitrogens with one attached hydrogen (secondary N) is 1. The van der Waals surface area contributed by atoms with E-state index in [9.17, 15) is 4.79 Å². The molecule has 4 atom stereocenters. The molecule has 1 aliphatic rings. The van der Waals surface area contributed by atoms with Crippen LogP contribution in [0.25, 0.3) is 0 Å². The van der Waals surface area contributed by atoms with Gasteiger partial charge in [0.1, 0.15) is 0 Å². The lowest BCUT2D eigenvalue weighted by molar-refractivity contribution is -0.127. The summed E-state index contributed by atoms with van der Waals surface area (Å²) in [5, 5.41) is 3.11. The SMILES string of the molecule is CCCC(C)NC(=O)C(C)C1CCCC(N)C1. The van der Waals surface area contributed by atoms with Crippen molar-refractivity contribution < 1.29 is 4.79 Å². The summed E-state index contributed by atoms with van der Waals surface area (Å²) in [5.41, 5.74) is 5.98. The molecule has 0 bridgehead atoms. The second-order valence-corrected chi connectivity index (χ2v) is 5.67. The Balaban J connectivity index is 2.39. The zero-order valence-electron chi connectivity index (χ0n) is 11.5. The highest BCUT2D eigenvalue weighted by molar-refractivity contribution is 5.78. The van der Waals surface area contributed by atoms with E-state index in [-0.39, 0.29) is 11.8 Å². The number of hydrogen-bond acceptors (Lipinski definition) is 2. The number of nitrogens with two attached hydrogens (primary N) is 1. The van der Waals surface area contributed by atoms with Crippen LogP contribution in [0.5, 0.6) is 0 Å². The molecular weight excluding hydrogens is 212 g/mol. The van der Waals surface area contributed by atoms with Gasteiger partial charge >= 0.3 is 0 Å². The van der Waals surface area contributed by atoms with Gasteiger partial charge in [0.2, 0.25) is 5.91 Å². The van der Waals surface area contributed by atoms with Crippen molar-refractivity contribution >= 4 is 5.91 Å². The van der Waals surface area contributed by atoms with Crippen molar-refractivity contribution in [2.24, 2.45) is 17.6 Å². The van der Waals surface area contributed by atoms with Gasteiger partial charge in [-0.2, -0.15) is 0 Å². The van der Waals surface area contributed by atoms with E-state index in [0.29, 0.717) is 18.0 Å². The quantitative estimate of drug-likeness (QED) is 0.775. The molecule has 0 aromatic heterocycles. The fraction of sp³-hybridized carbons (Fsp3) is 0.929. The number of amides is 1. The van der Waals surface area contributed by atoms with Crippen molar-refractivity contribution in [3.63, 3.8) is 0 Å². The van der Waals surface area contributed by atoms with Gasteiger partial charge in [-0.05, 0) is 38.5 Å². The van der Waals surface area contributed by atoms with Gasteiger partial charge in [0.15, 0.2) is 0 Å². The summed E-state index contributed by atoms with van der Waals surface area (Å²) in [6, 6.07) is 0.601. The lowest BCUT2D eigenvalue weighted by Crippen LogP contribution is -2.41. The van der Waals surface area contributed by atoms with Crippen LogP contribution in [0.1, 0.15) is 59.3 Å². The number of rotatable bonds is 5. The van der Waals surface area contributed by atoms with Crippen molar-refractivity contribution in [2.75, 3.05) is 0 Å². The topological polar surface area (TPSA) is 55.1 Å². The minimum Gasteiger partial charge on any atom is -0.353 e. The molecular formula is C14H28N2O. The Morgan fingerprint density at radius 1 is 1.41 bits per heavy atom. The summed E-state index contributed by atoms with van der Waals surface area (Å²) < 4.78 is 0. The number of hydrogen-bond donors (Lipinski definition) is 2. The first kappa shape index (κ1) is 14.5. The van der Waals surface area contributed by atoms with Crippen molar-refractivity contribution in [2.45, 2.75) is 71.4 Å². The second kappa shape index (κ2) is 7.00. The second-order valence-electron chi connectivity index (χ2n) is 5.67. The van der Waals surface area contributed by atoms with E-state index in [0.717, 1.165) is 32.1 Å². The average molecular weight is 240 g/mol. The van der Waals surface area contributed by atoms with E-state index >= 15 is 0 Å². The minimum atomic E-state index is 0.112. The first-order chi connectivity index (χ1) is 8.04. The number of carbonyl (C=O) groups is 1. The molecule has 0 aromatic rings. The largest absolute Gasteiger partial charge is 0.353 e. The maximum absolute atomic E-state index is 12.1. The van der Waals surface area contributed by atoms with Gasteiger partial charge in [-0.3, -0.25) is 4.79 Å². The van der Waals surface area contributed by atoms with Gasteiger partial charge < -0.3 is 11.1 Å². The van der Waals surface area contributed by atoms with Crippen molar-refractivity contribution in [1.82, 2.24) is 5.32 Å². The monoisotopic (exact) mass is 240 g/mol. The molecule has 0 heterocycles. The first-order valence-corrected chi connectivity index (χ1v) is 7.10. The highest BCUT2D eigenvalue weighted by Gasteiger charge is 2.28. The van der Waals surface area contributed by atoms with Crippen LogP contribution < -0.4 is 11.1 Å². The molecule has 1 aliphatic carbocycles. The summed E-state index contributed by atoms with van der Waals surface area (Å²) in [5.74, 6) is 0.804. The zero-order valence-corrected chi connectivity index (χ0v) is 11.5. The molecule has 100 valence electrons. The molecule has 1 rings (SSSR count). The highest BCUT2D eigenvalue weighted by Crippen LogP contribution is 2.29. The lowest BCUT2D eigenvalue weighted by atomic mass is 9.78. The smallest absolute Gasteiger partial charge is 0.223 e. The normalized spacial score (nSPS) is 28.5. The van der Waals surface area contributed by atoms with Gasteiger partial charge in [0.05, 0.1) is 0 Å². The molecule has 1 amide bonds. The van der Waals surface area contributed by atoms with E-state index in [1.165, 1.54) is 6.42 Å². The standard InChI is InChI=1S/C14H28N2O/c1-4-6-10(2)16-14(17)11(3)12-7-5-8-13(15)9-12/h10-13H,4-9,15H2,1-3H3,(H,16,17). The van der Waals surface area contributed by atoms with Crippen LogP contribution in [-0.4, -0.2) is 18.0 Å². The average Bonchev–Trinajstić information content (AvgIpc) is 2.28. The van der Waals surface area contributed by atoms with Crippen LogP contribution in [0.4, 0.5) is 0 Å². The van der Waals surface area contributed by atoms with Gasteiger partial charge in [0.25, 0.3) is 0 Å². The van der Waals surface area contributed by atoms with Crippen molar-refractivity contribution in [3.05, 3.63) is 0 Å². The predicted octanol–water partition coefficient (Wildman–Crippen LogP) is 2.44. The van der Waals surface area contributed by atoms with E-state index in [2.05, 4.69) is 26.1 Å². The Kier molecular flexibility index (Phi) is 5.96. The zero-order chi connectivity index (χ0) is 12.8. The van der Waals surface area contributed by atoms with Crippen LogP contribution >= 0.6 is 0 Å². The molecule has 3 nitrogen and oxygen atoms in total. The Bertz CT molecular complexity index is 242. The van der Waals surface area contributed by atoms with Crippen LogP contribution in [-0.2, 0) is 4.79 Å². The summed E-state index contributed by atoms with van der Waals surface area (Å²) in [6.07, 6.45) is 6.64. The highest BCUT2D eigenvalue weighted by atomic mass is 16.1. The molecule has 0 spiro atoms. The van der Waals surface area contributed by atoms with E-state index in [1.807, 2.05) is 0 Å². The third-order valence-corrected chi connectivity index (χ3v) is 3.99. The number of carbonyl (C=O) groups excluding carboxylic acids is 1. The molecule has 0 saturated heterocycles. The summed E-state index contributed by atoms with van der Waals surface area (Å²) >= 11 is 0. The first-order valence-electron chi connectivity index (χ1n) is 7.10. The van der Waals surface area contributed by atoms with E-state index < -0.39 is 0 Å². The van der Waals surface area contributed by atoms with Crippen molar-refractivity contribution in [1.29, 1.82) is 0 Å². The fourth-order valence-electron chi connectivity index (χ4n) is 2.81. The van der Waals surface area contributed by atoms with E-state index in [4.69, 9.17) is 5.73 Å². The molecule has 1 fully saturated rings. The molecule has 0 radical (unpaired) electrons. The Morgan fingerprint density at radius 3 is 2.71 bits per heavy atom. The molecule has 0 aromatic carbocycles. The van der Waals surface area contributed by atoms with Crippen LogP contribution in [0.2, 0.25) is 0 Å². The fourth-order valence-corrected chi connectivity index (χ4v) is 2.81. The molecule has 3 heteroatoms. The Hall–Kier alpha value is -0.570. The van der Waals surface area contributed by atoms with E-state index in [1.54, 1.807) is 0 Å². The molecule has 4 unspecified atom stereocenters. The minimum absolute atomic E-state index is 0.112. The molecule has 17 heavy (non-hydrogen) atoms. The van der Waals surface area contributed by atoms with Crippen LogP contribution in [0, 0.1) is 11.8 Å². The maximum atomic E-state index is 12.1. The van der Waals surface area contributed by atoms with Crippen LogP contribution in [0.3, 0.4) is 0 Å². The van der Waals surface area contributed by atoms with Crippen molar-refractivity contribution in [3.8, 4) is 0 Å². The van der Waals surface area contributed by atoms with Gasteiger partial charge in [-0.25, -0.2) is 0 Å². The van der Waals surface area contributed by atoms with Gasteiger partial charge in [-0.15, -0.1) is 0 Å². The Labute approximate surface area is 106 Å². The van der Waals surface area contributed by atoms with Crippen LogP contribution in [0.15, 0.2) is 0 Å². The molecule has 1 saturated carbocycles. The third kappa shape index (κ3) is 4.66. The summed E-state index contributed by atoms with van der Waals surface area (Å²) in [7, 11) is 0. The third-order valence-electron chi connectivity index (χ3n) is 3.99. The molecule has 0 aliphatic heterocycles. The van der Waals surface area contributed by atoms with Gasteiger partial charge in [0, 0.05) is 18.0 Å². The summed E-state index contributed by atoms with van der Waals surface area (Å²) in [4.78, 5) is 12.1. The predicted molar refractivity (Wildman–Crippen MR) is 71.6 cm³/mol.